The van der Waals surface area contributed by atoms with Crippen LogP contribution in [0.4, 0.5) is 5.69 Å². The van der Waals surface area contributed by atoms with E-state index in [0.717, 1.165) is 5.56 Å². The summed E-state index contributed by atoms with van der Waals surface area (Å²) in [6, 6.07) is 14.6. The maximum Gasteiger partial charge on any atom is 0.246 e. The fourth-order valence-electron chi connectivity index (χ4n) is 3.55. The Bertz CT molecular complexity index is 774. The third kappa shape index (κ3) is 4.80. The van der Waals surface area contributed by atoms with Crippen LogP contribution in [0.5, 0.6) is 5.75 Å². The van der Waals surface area contributed by atoms with Crippen molar-refractivity contribution >= 4 is 23.2 Å². The lowest BCUT2D eigenvalue weighted by atomic mass is 10.0. The number of anilines is 1. The molecule has 1 fully saturated rings. The quantitative estimate of drug-likeness (QED) is 0.836. The first-order chi connectivity index (χ1) is 13.0. The first-order valence-electron chi connectivity index (χ1n) is 9.06. The van der Waals surface area contributed by atoms with Crippen molar-refractivity contribution in [2.24, 2.45) is 0 Å². The van der Waals surface area contributed by atoms with Crippen molar-refractivity contribution in [2.75, 3.05) is 25.5 Å². The molecule has 0 radical (unpaired) electrons. The number of hydrogen-bond acceptors (Lipinski definition) is 4. The highest BCUT2D eigenvalue weighted by molar-refractivity contribution is 6.32. The molecule has 1 aliphatic rings. The van der Waals surface area contributed by atoms with Gasteiger partial charge in [0, 0.05) is 18.8 Å². The highest BCUT2D eigenvalue weighted by Crippen LogP contribution is 2.30. The Morgan fingerprint density at radius 2 is 1.85 bits per heavy atom. The van der Waals surface area contributed by atoms with E-state index in [1.807, 2.05) is 44.2 Å². The molecule has 5 nitrogen and oxygen atoms in total. The summed E-state index contributed by atoms with van der Waals surface area (Å²) >= 11 is 6.19. The molecule has 1 N–H and O–H groups in total. The largest absolute Gasteiger partial charge is 0.495 e. The van der Waals surface area contributed by atoms with Gasteiger partial charge in [-0.2, -0.15) is 0 Å². The summed E-state index contributed by atoms with van der Waals surface area (Å²) < 4.78 is 11.0. The Kier molecular flexibility index (Phi) is 6.37. The number of halogens is 1. The van der Waals surface area contributed by atoms with E-state index >= 15 is 0 Å². The average Bonchev–Trinajstić information content (AvgIpc) is 2.62. The molecule has 1 saturated heterocycles. The predicted molar refractivity (Wildman–Crippen MR) is 107 cm³/mol. The molecule has 144 valence electrons. The Hall–Kier alpha value is -2.08. The van der Waals surface area contributed by atoms with Crippen molar-refractivity contribution in [3.63, 3.8) is 0 Å². The van der Waals surface area contributed by atoms with Crippen LogP contribution in [0, 0.1) is 0 Å². The maximum atomic E-state index is 13.2. The Labute approximate surface area is 165 Å². The second kappa shape index (κ2) is 8.74. The topological polar surface area (TPSA) is 50.8 Å². The number of hydrogen-bond donors (Lipinski definition) is 1. The fourth-order valence-corrected chi connectivity index (χ4v) is 3.80. The number of carbonyl (C=O) groups excluding carboxylic acids is 1. The maximum absolute atomic E-state index is 13.2. The van der Waals surface area contributed by atoms with Crippen LogP contribution in [-0.2, 0) is 9.53 Å². The zero-order chi connectivity index (χ0) is 19.4. The third-order valence-electron chi connectivity index (χ3n) is 4.60. The molecule has 1 heterocycles. The average molecular weight is 389 g/mol. The lowest BCUT2D eigenvalue weighted by Crippen LogP contribution is -2.49. The van der Waals surface area contributed by atoms with Crippen molar-refractivity contribution in [1.82, 2.24) is 4.90 Å². The Morgan fingerprint density at radius 3 is 2.44 bits per heavy atom. The number of methoxy groups -OCH3 is 1. The normalized spacial score (nSPS) is 21.5. The van der Waals surface area contributed by atoms with Crippen molar-refractivity contribution in [1.29, 1.82) is 0 Å². The smallest absolute Gasteiger partial charge is 0.246 e. The van der Waals surface area contributed by atoms with Crippen LogP contribution in [0.15, 0.2) is 48.5 Å². The van der Waals surface area contributed by atoms with Gasteiger partial charge in [0.05, 0.1) is 24.3 Å². The number of morpholine rings is 1. The van der Waals surface area contributed by atoms with Crippen LogP contribution in [0.3, 0.4) is 0 Å². The van der Waals surface area contributed by atoms with Crippen LogP contribution in [0.1, 0.15) is 25.5 Å². The van der Waals surface area contributed by atoms with E-state index in [0.29, 0.717) is 29.5 Å². The molecular weight excluding hydrogens is 364 g/mol. The Balaban J connectivity index is 1.86. The molecule has 0 aliphatic carbocycles. The minimum absolute atomic E-state index is 0.0724. The molecule has 1 aliphatic heterocycles. The van der Waals surface area contributed by atoms with Gasteiger partial charge in [0.2, 0.25) is 5.91 Å². The van der Waals surface area contributed by atoms with Gasteiger partial charge in [-0.25, -0.2) is 0 Å². The van der Waals surface area contributed by atoms with Gasteiger partial charge in [0.15, 0.2) is 0 Å². The minimum Gasteiger partial charge on any atom is -0.495 e. The van der Waals surface area contributed by atoms with Gasteiger partial charge in [-0.1, -0.05) is 41.9 Å². The number of nitrogens with zero attached hydrogens (tertiary/aromatic N) is 1. The number of benzene rings is 2. The summed E-state index contributed by atoms with van der Waals surface area (Å²) in [5.74, 6) is 0.480. The molecular formula is C21H25ClN2O3. The van der Waals surface area contributed by atoms with Crippen molar-refractivity contribution in [3.8, 4) is 5.75 Å². The molecule has 0 unspecified atom stereocenters. The highest BCUT2D eigenvalue weighted by atomic mass is 35.5. The van der Waals surface area contributed by atoms with Gasteiger partial charge in [-0.05, 0) is 37.6 Å². The van der Waals surface area contributed by atoms with E-state index in [1.54, 1.807) is 25.3 Å². The lowest BCUT2D eigenvalue weighted by Gasteiger charge is -2.39. The number of carbonyl (C=O) groups is 1. The molecule has 2 aromatic carbocycles. The summed E-state index contributed by atoms with van der Waals surface area (Å²) in [6.45, 7) is 5.46. The van der Waals surface area contributed by atoms with Crippen LogP contribution >= 0.6 is 11.6 Å². The molecule has 0 aromatic heterocycles. The number of nitrogens with one attached hydrogen (secondary N) is 1. The standard InChI is InChI=1S/C21H25ClN2O3/c1-14-12-24(13-15(2)27-14)20(16-7-5-4-6-8-16)21(25)23-17-9-10-19(26-3)18(22)11-17/h4-11,14-15,20H,12-13H2,1-3H3,(H,23,25)/t14-,15-,20-/m0/s1. The highest BCUT2D eigenvalue weighted by Gasteiger charge is 2.33. The third-order valence-corrected chi connectivity index (χ3v) is 4.89. The van der Waals surface area contributed by atoms with Crippen molar-refractivity contribution in [3.05, 3.63) is 59.1 Å². The van der Waals surface area contributed by atoms with Gasteiger partial charge in [-0.3, -0.25) is 9.69 Å². The summed E-state index contributed by atoms with van der Waals surface area (Å²) in [7, 11) is 1.56. The fraction of sp³-hybridized carbons (Fsp3) is 0.381. The van der Waals surface area contributed by atoms with Gasteiger partial charge in [-0.15, -0.1) is 0 Å². The molecule has 1 amide bonds. The SMILES string of the molecule is COc1ccc(NC(=O)[C@H](c2ccccc2)N2C[C@H](C)O[C@@H](C)C2)cc1Cl. The molecule has 0 spiro atoms. The summed E-state index contributed by atoms with van der Waals surface area (Å²) in [5.41, 5.74) is 1.59. The molecule has 3 rings (SSSR count). The second-order valence-corrected chi connectivity index (χ2v) is 7.27. The predicted octanol–water partition coefficient (Wildman–Crippen LogP) is 4.14. The molecule has 0 saturated carbocycles. The van der Waals surface area contributed by atoms with E-state index < -0.39 is 6.04 Å². The van der Waals surface area contributed by atoms with Crippen LogP contribution < -0.4 is 10.1 Å². The summed E-state index contributed by atoms with van der Waals surface area (Å²) in [5, 5.41) is 3.46. The zero-order valence-corrected chi connectivity index (χ0v) is 16.6. The molecule has 3 atom stereocenters. The monoisotopic (exact) mass is 388 g/mol. The van der Waals surface area contributed by atoms with Crippen LogP contribution in [-0.4, -0.2) is 43.2 Å². The molecule has 2 aromatic rings. The van der Waals surface area contributed by atoms with Gasteiger partial charge >= 0.3 is 0 Å². The lowest BCUT2D eigenvalue weighted by molar-refractivity contribution is -0.128. The van der Waals surface area contributed by atoms with Crippen molar-refractivity contribution < 1.29 is 14.3 Å². The van der Waals surface area contributed by atoms with Crippen molar-refractivity contribution in [2.45, 2.75) is 32.1 Å². The van der Waals surface area contributed by atoms with E-state index in [1.165, 1.54) is 0 Å². The van der Waals surface area contributed by atoms with E-state index in [2.05, 4.69) is 10.2 Å². The van der Waals surface area contributed by atoms with Gasteiger partial charge in [0.25, 0.3) is 0 Å². The van der Waals surface area contributed by atoms with E-state index in [-0.39, 0.29) is 18.1 Å². The van der Waals surface area contributed by atoms with Crippen LogP contribution in [0.25, 0.3) is 0 Å². The summed E-state index contributed by atoms with van der Waals surface area (Å²) in [4.78, 5) is 15.4. The molecule has 27 heavy (non-hydrogen) atoms. The number of amides is 1. The Morgan fingerprint density at radius 1 is 1.19 bits per heavy atom. The van der Waals surface area contributed by atoms with E-state index in [4.69, 9.17) is 21.1 Å². The second-order valence-electron chi connectivity index (χ2n) is 6.86. The zero-order valence-electron chi connectivity index (χ0n) is 15.8. The first kappa shape index (κ1) is 19.7. The number of rotatable bonds is 5. The van der Waals surface area contributed by atoms with Gasteiger partial charge < -0.3 is 14.8 Å². The number of ether oxygens (including phenoxy) is 2. The van der Waals surface area contributed by atoms with Crippen LogP contribution in [0.2, 0.25) is 5.02 Å². The van der Waals surface area contributed by atoms with Gasteiger partial charge in [0.1, 0.15) is 11.8 Å². The minimum atomic E-state index is -0.402. The molecule has 6 heteroatoms. The molecule has 0 bridgehead atoms. The first-order valence-corrected chi connectivity index (χ1v) is 9.44. The summed E-state index contributed by atoms with van der Waals surface area (Å²) in [6.07, 6.45) is 0.145. The van der Waals surface area contributed by atoms with E-state index in [9.17, 15) is 4.79 Å².